The van der Waals surface area contributed by atoms with Crippen LogP contribution in [0, 0.1) is 13.8 Å². The summed E-state index contributed by atoms with van der Waals surface area (Å²) in [7, 11) is 1.79. The van der Waals surface area contributed by atoms with Crippen LogP contribution in [0.15, 0.2) is 76.8 Å². The molecule has 0 saturated carbocycles. The van der Waals surface area contributed by atoms with Crippen LogP contribution in [-0.4, -0.2) is 38.1 Å². The molecule has 0 bridgehead atoms. The molecular formula is C25H24N4O2S. The Labute approximate surface area is 190 Å². The summed E-state index contributed by atoms with van der Waals surface area (Å²) in [6.07, 6.45) is 1.67. The Hall–Kier alpha value is -3.45. The van der Waals surface area contributed by atoms with Gasteiger partial charge in [0.25, 0.3) is 5.56 Å². The van der Waals surface area contributed by atoms with E-state index in [4.69, 9.17) is 0 Å². The normalized spacial score (nSPS) is 11.0. The molecule has 0 aliphatic carbocycles. The summed E-state index contributed by atoms with van der Waals surface area (Å²) in [6, 6.07) is 19.0. The number of amides is 1. The van der Waals surface area contributed by atoms with Gasteiger partial charge in [0, 0.05) is 19.8 Å². The van der Waals surface area contributed by atoms with Gasteiger partial charge in [0.1, 0.15) is 5.82 Å². The zero-order chi connectivity index (χ0) is 22.7. The lowest BCUT2D eigenvalue weighted by Crippen LogP contribution is -2.29. The highest BCUT2D eigenvalue weighted by atomic mass is 32.2. The van der Waals surface area contributed by atoms with Crippen LogP contribution < -0.4 is 5.56 Å². The van der Waals surface area contributed by atoms with E-state index in [2.05, 4.69) is 9.97 Å². The fourth-order valence-corrected chi connectivity index (χ4v) is 4.36. The third-order valence-electron chi connectivity index (χ3n) is 5.29. The first kappa shape index (κ1) is 21.8. The van der Waals surface area contributed by atoms with Crippen molar-refractivity contribution in [1.82, 2.24) is 19.4 Å². The van der Waals surface area contributed by atoms with Crippen LogP contribution in [0.1, 0.15) is 16.7 Å². The monoisotopic (exact) mass is 444 g/mol. The van der Waals surface area contributed by atoms with Crippen LogP contribution in [0.4, 0.5) is 0 Å². The van der Waals surface area contributed by atoms with E-state index in [0.717, 1.165) is 16.7 Å². The largest absolute Gasteiger partial charge is 0.341 e. The van der Waals surface area contributed by atoms with Gasteiger partial charge in [-0.2, -0.15) is 0 Å². The Kier molecular flexibility index (Phi) is 6.37. The molecule has 1 amide bonds. The summed E-state index contributed by atoms with van der Waals surface area (Å²) in [5.74, 6) is 0.625. The minimum atomic E-state index is -0.197. The summed E-state index contributed by atoms with van der Waals surface area (Å²) in [5.41, 5.74) is 3.65. The van der Waals surface area contributed by atoms with E-state index in [1.54, 1.807) is 30.3 Å². The Balaban J connectivity index is 1.63. The molecule has 0 aliphatic heterocycles. The van der Waals surface area contributed by atoms with Crippen LogP contribution >= 0.6 is 11.8 Å². The smallest absolute Gasteiger partial charge is 0.267 e. The minimum absolute atomic E-state index is 0.0376. The molecule has 0 aliphatic rings. The average Bonchev–Trinajstić information content (AvgIpc) is 2.79. The SMILES string of the molecule is Cc1ccnc(-n2c(SCC(=O)N(C)Cc3ccccc3C)nc3ccccc3c2=O)c1. The molecule has 7 heteroatoms. The van der Waals surface area contributed by atoms with Crippen molar-refractivity contribution in [2.45, 2.75) is 25.5 Å². The Morgan fingerprint density at radius 3 is 2.59 bits per heavy atom. The first-order valence-electron chi connectivity index (χ1n) is 10.3. The Morgan fingerprint density at radius 1 is 1.06 bits per heavy atom. The highest BCUT2D eigenvalue weighted by Crippen LogP contribution is 2.21. The second-order valence-electron chi connectivity index (χ2n) is 7.71. The van der Waals surface area contributed by atoms with Crippen LogP contribution in [0.25, 0.3) is 16.7 Å². The number of thioether (sulfide) groups is 1. The topological polar surface area (TPSA) is 68.1 Å². The fraction of sp³-hybridized carbons (Fsp3) is 0.200. The van der Waals surface area contributed by atoms with E-state index >= 15 is 0 Å². The molecule has 162 valence electrons. The van der Waals surface area contributed by atoms with Crippen LogP contribution in [0.5, 0.6) is 0 Å². The van der Waals surface area contributed by atoms with Crippen molar-refractivity contribution in [3.63, 3.8) is 0 Å². The summed E-state index contributed by atoms with van der Waals surface area (Å²) in [6.45, 7) is 4.51. The summed E-state index contributed by atoms with van der Waals surface area (Å²) >= 11 is 1.25. The number of pyridine rings is 1. The number of rotatable bonds is 6. The van der Waals surface area contributed by atoms with Gasteiger partial charge in [-0.1, -0.05) is 48.2 Å². The van der Waals surface area contributed by atoms with Crippen molar-refractivity contribution in [2.75, 3.05) is 12.8 Å². The number of hydrogen-bond donors (Lipinski definition) is 0. The van der Waals surface area contributed by atoms with E-state index in [0.29, 0.717) is 28.4 Å². The van der Waals surface area contributed by atoms with E-state index in [9.17, 15) is 9.59 Å². The predicted octanol–water partition coefficient (Wildman–Crippen LogP) is 4.15. The standard InChI is InChI=1S/C25H24N4O2S/c1-17-12-13-26-22(14-17)29-24(31)20-10-6-7-11-21(20)27-25(29)32-16-23(30)28(3)15-19-9-5-4-8-18(19)2/h4-14H,15-16H2,1-3H3. The maximum atomic E-state index is 13.3. The Morgan fingerprint density at radius 2 is 1.81 bits per heavy atom. The van der Waals surface area contributed by atoms with Gasteiger partial charge in [-0.25, -0.2) is 14.5 Å². The third-order valence-corrected chi connectivity index (χ3v) is 6.22. The second kappa shape index (κ2) is 9.36. The van der Waals surface area contributed by atoms with E-state index in [-0.39, 0.29) is 17.2 Å². The third kappa shape index (κ3) is 4.57. The van der Waals surface area contributed by atoms with Gasteiger partial charge < -0.3 is 4.90 Å². The molecule has 4 aromatic rings. The summed E-state index contributed by atoms with van der Waals surface area (Å²) in [4.78, 5) is 36.9. The maximum Gasteiger partial charge on any atom is 0.267 e. The van der Waals surface area contributed by atoms with Gasteiger partial charge in [-0.3, -0.25) is 9.59 Å². The quantitative estimate of drug-likeness (QED) is 0.330. The van der Waals surface area contributed by atoms with Gasteiger partial charge in [-0.15, -0.1) is 0 Å². The molecule has 32 heavy (non-hydrogen) atoms. The molecule has 2 aromatic heterocycles. The van der Waals surface area contributed by atoms with E-state index in [1.165, 1.54) is 16.3 Å². The average molecular weight is 445 g/mol. The highest BCUT2D eigenvalue weighted by Gasteiger charge is 2.17. The number of benzene rings is 2. The number of fused-ring (bicyclic) bond motifs is 1. The molecule has 0 N–H and O–H groups in total. The number of carbonyl (C=O) groups excluding carboxylic acids is 1. The van der Waals surface area contributed by atoms with E-state index < -0.39 is 0 Å². The van der Waals surface area contributed by atoms with Crippen molar-refractivity contribution < 1.29 is 4.79 Å². The number of nitrogens with zero attached hydrogens (tertiary/aromatic N) is 4. The van der Waals surface area contributed by atoms with Crippen molar-refractivity contribution in [3.05, 3.63) is 93.9 Å². The first-order valence-corrected chi connectivity index (χ1v) is 11.3. The lowest BCUT2D eigenvalue weighted by Gasteiger charge is -2.19. The zero-order valence-corrected chi connectivity index (χ0v) is 19.1. The lowest BCUT2D eigenvalue weighted by atomic mass is 10.1. The predicted molar refractivity (Wildman–Crippen MR) is 128 cm³/mol. The first-order chi connectivity index (χ1) is 15.4. The molecule has 2 heterocycles. The molecule has 0 unspecified atom stereocenters. The number of aromatic nitrogens is 3. The van der Waals surface area contributed by atoms with Gasteiger partial charge in [0.15, 0.2) is 5.16 Å². The molecule has 0 radical (unpaired) electrons. The highest BCUT2D eigenvalue weighted by molar-refractivity contribution is 7.99. The summed E-state index contributed by atoms with van der Waals surface area (Å²) < 4.78 is 1.49. The number of para-hydroxylation sites is 1. The van der Waals surface area contributed by atoms with Gasteiger partial charge in [0.05, 0.1) is 16.7 Å². The molecule has 0 saturated heterocycles. The van der Waals surface area contributed by atoms with Gasteiger partial charge in [-0.05, 0) is 54.8 Å². The minimum Gasteiger partial charge on any atom is -0.341 e. The van der Waals surface area contributed by atoms with Crippen molar-refractivity contribution in [2.24, 2.45) is 0 Å². The molecule has 4 rings (SSSR count). The van der Waals surface area contributed by atoms with Crippen LogP contribution in [0.3, 0.4) is 0 Å². The molecule has 0 spiro atoms. The van der Waals surface area contributed by atoms with Gasteiger partial charge in [0.2, 0.25) is 5.91 Å². The summed E-state index contributed by atoms with van der Waals surface area (Å²) in [5, 5.41) is 0.965. The van der Waals surface area contributed by atoms with Crippen LogP contribution in [-0.2, 0) is 11.3 Å². The van der Waals surface area contributed by atoms with Crippen LogP contribution in [0.2, 0.25) is 0 Å². The molecule has 6 nitrogen and oxygen atoms in total. The Bertz CT molecular complexity index is 1350. The maximum absolute atomic E-state index is 13.3. The van der Waals surface area contributed by atoms with Crippen molar-refractivity contribution >= 4 is 28.6 Å². The van der Waals surface area contributed by atoms with E-state index in [1.807, 2.05) is 62.4 Å². The second-order valence-corrected chi connectivity index (χ2v) is 8.65. The fourth-order valence-electron chi connectivity index (χ4n) is 3.42. The van der Waals surface area contributed by atoms with Crippen molar-refractivity contribution in [3.8, 4) is 5.82 Å². The number of carbonyl (C=O) groups is 1. The molecular weight excluding hydrogens is 420 g/mol. The number of hydrogen-bond acceptors (Lipinski definition) is 5. The molecule has 0 fully saturated rings. The molecule has 0 atom stereocenters. The number of aryl methyl sites for hydroxylation is 2. The van der Waals surface area contributed by atoms with Crippen molar-refractivity contribution in [1.29, 1.82) is 0 Å². The zero-order valence-electron chi connectivity index (χ0n) is 18.3. The van der Waals surface area contributed by atoms with Gasteiger partial charge >= 0.3 is 0 Å². The molecule has 2 aromatic carbocycles. The lowest BCUT2D eigenvalue weighted by molar-refractivity contribution is -0.127.